The average Bonchev–Trinajstić information content (AvgIpc) is 3.44. The highest BCUT2D eigenvalue weighted by Crippen LogP contribution is 2.37. The number of hydrogen-bond acceptors (Lipinski definition) is 6. The number of aryl methyl sites for hydroxylation is 1. The number of oxime groups is 1. The molecule has 5 rings (SSSR count). The summed E-state index contributed by atoms with van der Waals surface area (Å²) in [6.45, 7) is 1.82. The molecule has 31 heavy (non-hydrogen) atoms. The van der Waals surface area contributed by atoms with E-state index in [1.807, 2.05) is 30.3 Å². The maximum atomic E-state index is 12.9. The van der Waals surface area contributed by atoms with Crippen molar-refractivity contribution in [1.82, 2.24) is 15.6 Å². The van der Waals surface area contributed by atoms with Crippen molar-refractivity contribution in [3.05, 3.63) is 65.7 Å². The molecular weight excluding hydrogens is 392 g/mol. The van der Waals surface area contributed by atoms with Crippen molar-refractivity contribution in [2.75, 3.05) is 13.1 Å². The first kappa shape index (κ1) is 19.5. The lowest BCUT2D eigenvalue weighted by Crippen LogP contribution is -2.42. The van der Waals surface area contributed by atoms with Gasteiger partial charge in [0.1, 0.15) is 5.76 Å². The summed E-state index contributed by atoms with van der Waals surface area (Å²) in [5.41, 5.74) is 5.47. The molecule has 1 amide bonds. The van der Waals surface area contributed by atoms with Gasteiger partial charge < -0.3 is 20.3 Å². The fourth-order valence-electron chi connectivity index (χ4n) is 4.40. The molecule has 1 saturated heterocycles. The van der Waals surface area contributed by atoms with Crippen LogP contribution in [-0.2, 0) is 6.42 Å². The predicted octanol–water partition coefficient (Wildman–Crippen LogP) is 3.61. The van der Waals surface area contributed by atoms with Crippen LogP contribution >= 0.6 is 0 Å². The van der Waals surface area contributed by atoms with Gasteiger partial charge in [-0.25, -0.2) is 0 Å². The molecule has 0 unspecified atom stereocenters. The Bertz CT molecular complexity index is 1130. The second-order valence-corrected chi connectivity index (χ2v) is 8.01. The van der Waals surface area contributed by atoms with E-state index in [2.05, 4.69) is 26.8 Å². The molecule has 3 aromatic rings. The van der Waals surface area contributed by atoms with Gasteiger partial charge >= 0.3 is 0 Å². The zero-order valence-electron chi connectivity index (χ0n) is 17.1. The van der Waals surface area contributed by atoms with Crippen LogP contribution in [0.3, 0.4) is 0 Å². The Balaban J connectivity index is 1.52. The molecule has 2 aromatic heterocycles. The van der Waals surface area contributed by atoms with Gasteiger partial charge in [0, 0.05) is 35.1 Å². The third-order valence-corrected chi connectivity index (χ3v) is 6.05. The van der Waals surface area contributed by atoms with Crippen molar-refractivity contribution in [2.45, 2.75) is 31.7 Å². The largest absolute Gasteiger partial charge is 0.450 e. The van der Waals surface area contributed by atoms with E-state index in [0.717, 1.165) is 60.2 Å². The molecule has 1 aliphatic heterocycles. The normalized spacial score (nSPS) is 17.6. The Labute approximate surface area is 180 Å². The van der Waals surface area contributed by atoms with E-state index in [9.17, 15) is 10.0 Å². The van der Waals surface area contributed by atoms with Crippen molar-refractivity contribution in [1.29, 1.82) is 0 Å². The Morgan fingerprint density at radius 2 is 1.87 bits per heavy atom. The maximum absolute atomic E-state index is 12.9. The Hall–Kier alpha value is -3.45. The zero-order chi connectivity index (χ0) is 21.2. The number of rotatable bonds is 4. The number of amides is 1. The van der Waals surface area contributed by atoms with Gasteiger partial charge in [-0.05, 0) is 74.2 Å². The average molecular weight is 416 g/mol. The molecule has 3 heterocycles. The zero-order valence-corrected chi connectivity index (χ0v) is 17.1. The van der Waals surface area contributed by atoms with Crippen LogP contribution < -0.4 is 10.6 Å². The molecule has 2 aliphatic rings. The van der Waals surface area contributed by atoms with Gasteiger partial charge in [0.2, 0.25) is 0 Å². The number of pyridine rings is 1. The number of carbonyl (C=O) groups excluding carboxylic acids is 1. The Morgan fingerprint density at radius 1 is 1.06 bits per heavy atom. The van der Waals surface area contributed by atoms with Crippen molar-refractivity contribution in [3.63, 3.8) is 0 Å². The maximum Gasteiger partial charge on any atom is 0.287 e. The number of carbonyl (C=O) groups is 1. The van der Waals surface area contributed by atoms with E-state index in [1.54, 1.807) is 12.4 Å². The first-order valence-electron chi connectivity index (χ1n) is 10.6. The predicted molar refractivity (Wildman–Crippen MR) is 117 cm³/mol. The van der Waals surface area contributed by atoms with E-state index < -0.39 is 0 Å². The minimum Gasteiger partial charge on any atom is -0.450 e. The highest BCUT2D eigenvalue weighted by atomic mass is 16.4. The highest BCUT2D eigenvalue weighted by molar-refractivity contribution is 6.04. The second kappa shape index (κ2) is 8.35. The molecule has 1 aromatic carbocycles. The van der Waals surface area contributed by atoms with E-state index in [1.165, 1.54) is 0 Å². The monoisotopic (exact) mass is 416 g/mol. The SMILES string of the molecule is O=C(NC1CCNCC1)c1cc(-c2ccncc2)c(-c2ccc3c(c2)CC/C3=N\O)o1. The molecule has 1 aliphatic carbocycles. The van der Waals surface area contributed by atoms with Gasteiger partial charge in [0.05, 0.1) is 5.71 Å². The van der Waals surface area contributed by atoms with Crippen molar-refractivity contribution < 1.29 is 14.4 Å². The van der Waals surface area contributed by atoms with Crippen LogP contribution in [0, 0.1) is 0 Å². The number of hydrogen-bond donors (Lipinski definition) is 3. The van der Waals surface area contributed by atoms with Crippen LogP contribution in [-0.4, -0.2) is 40.9 Å². The quantitative estimate of drug-likeness (QED) is 0.446. The molecule has 0 atom stereocenters. The number of benzene rings is 1. The number of aromatic nitrogens is 1. The summed E-state index contributed by atoms with van der Waals surface area (Å²) in [5.74, 6) is 0.765. The lowest BCUT2D eigenvalue weighted by atomic mass is 9.99. The summed E-state index contributed by atoms with van der Waals surface area (Å²) in [5, 5.41) is 19.0. The molecule has 7 heteroatoms. The Kier molecular flexibility index (Phi) is 5.26. The highest BCUT2D eigenvalue weighted by Gasteiger charge is 2.24. The number of piperidine rings is 1. The molecule has 3 N–H and O–H groups in total. The minimum atomic E-state index is -0.190. The fraction of sp³-hybridized carbons (Fsp3) is 0.292. The van der Waals surface area contributed by atoms with E-state index in [0.29, 0.717) is 23.7 Å². The first-order chi connectivity index (χ1) is 15.2. The number of nitrogens with zero attached hydrogens (tertiary/aromatic N) is 2. The third-order valence-electron chi connectivity index (χ3n) is 6.05. The summed E-state index contributed by atoms with van der Waals surface area (Å²) >= 11 is 0. The number of nitrogens with one attached hydrogen (secondary N) is 2. The smallest absolute Gasteiger partial charge is 0.287 e. The second-order valence-electron chi connectivity index (χ2n) is 8.01. The lowest BCUT2D eigenvalue weighted by molar-refractivity contribution is 0.0902. The van der Waals surface area contributed by atoms with Gasteiger partial charge in [0.25, 0.3) is 5.91 Å². The van der Waals surface area contributed by atoms with Gasteiger partial charge in [0.15, 0.2) is 5.76 Å². The van der Waals surface area contributed by atoms with Crippen molar-refractivity contribution in [2.24, 2.45) is 5.16 Å². The van der Waals surface area contributed by atoms with Crippen LogP contribution in [0.25, 0.3) is 22.5 Å². The van der Waals surface area contributed by atoms with Crippen LogP contribution in [0.15, 0.2) is 58.4 Å². The van der Waals surface area contributed by atoms with E-state index in [-0.39, 0.29) is 11.9 Å². The van der Waals surface area contributed by atoms with Crippen LogP contribution in [0.4, 0.5) is 0 Å². The molecule has 7 nitrogen and oxygen atoms in total. The molecule has 0 bridgehead atoms. The third kappa shape index (κ3) is 3.84. The molecule has 0 radical (unpaired) electrons. The van der Waals surface area contributed by atoms with Gasteiger partial charge in [-0.15, -0.1) is 0 Å². The van der Waals surface area contributed by atoms with Crippen LogP contribution in [0.1, 0.15) is 40.9 Å². The Morgan fingerprint density at radius 3 is 2.65 bits per heavy atom. The van der Waals surface area contributed by atoms with Gasteiger partial charge in [-0.2, -0.15) is 0 Å². The van der Waals surface area contributed by atoms with E-state index in [4.69, 9.17) is 4.42 Å². The first-order valence-corrected chi connectivity index (χ1v) is 10.6. The summed E-state index contributed by atoms with van der Waals surface area (Å²) in [7, 11) is 0. The topological polar surface area (TPSA) is 99.8 Å². The molecule has 158 valence electrons. The van der Waals surface area contributed by atoms with Crippen molar-refractivity contribution >= 4 is 11.6 Å². The molecule has 0 saturated carbocycles. The van der Waals surface area contributed by atoms with Crippen LogP contribution in [0.2, 0.25) is 0 Å². The summed E-state index contributed by atoms with van der Waals surface area (Å²) in [4.78, 5) is 17.0. The fourth-order valence-corrected chi connectivity index (χ4v) is 4.40. The summed E-state index contributed by atoms with van der Waals surface area (Å²) in [6, 6.07) is 11.8. The molecule has 0 spiro atoms. The minimum absolute atomic E-state index is 0.155. The van der Waals surface area contributed by atoms with E-state index >= 15 is 0 Å². The van der Waals surface area contributed by atoms with Crippen LogP contribution in [0.5, 0.6) is 0 Å². The lowest BCUT2D eigenvalue weighted by Gasteiger charge is -2.23. The van der Waals surface area contributed by atoms with Gasteiger partial charge in [-0.1, -0.05) is 17.3 Å². The standard InChI is InChI=1S/C24H24N4O3/c29-24(27-18-7-11-26-12-8-18)22-14-20(15-5-9-25-10-6-15)23(31-22)17-1-3-19-16(13-17)2-4-21(19)28-30/h1,3,5-6,9-10,13-14,18,26,30H,2,4,7-8,11-12H2,(H,27,29)/b28-21+. The van der Waals surface area contributed by atoms with Gasteiger partial charge in [-0.3, -0.25) is 9.78 Å². The number of furan rings is 1. The summed E-state index contributed by atoms with van der Waals surface area (Å²) < 4.78 is 6.14. The summed E-state index contributed by atoms with van der Waals surface area (Å²) in [6.07, 6.45) is 6.82. The van der Waals surface area contributed by atoms with Crippen molar-refractivity contribution in [3.8, 4) is 22.5 Å². The number of fused-ring (bicyclic) bond motifs is 1. The molecule has 1 fully saturated rings. The molecular formula is C24H24N4O3.